The number of ketones is 1. The van der Waals surface area contributed by atoms with Crippen LogP contribution in [0.4, 0.5) is 11.4 Å². The molecule has 2 aromatic rings. The van der Waals surface area contributed by atoms with E-state index < -0.39 is 4.92 Å². The Hall–Kier alpha value is -3.22. The Bertz CT molecular complexity index is 874. The molecule has 7 heteroatoms. The van der Waals surface area contributed by atoms with Crippen LogP contribution in [0.1, 0.15) is 40.5 Å². The number of nitrogens with one attached hydrogen (secondary N) is 1. The van der Waals surface area contributed by atoms with Crippen molar-refractivity contribution >= 4 is 23.1 Å². The Morgan fingerprint density at radius 1 is 1.11 bits per heavy atom. The van der Waals surface area contributed by atoms with Gasteiger partial charge in [-0.1, -0.05) is 18.2 Å². The number of piperidine rings is 1. The predicted octanol–water partition coefficient (Wildman–Crippen LogP) is 3.76. The van der Waals surface area contributed by atoms with Crippen molar-refractivity contribution in [1.29, 1.82) is 0 Å². The van der Waals surface area contributed by atoms with Gasteiger partial charge in [0.05, 0.1) is 4.92 Å². The van der Waals surface area contributed by atoms with E-state index in [1.54, 1.807) is 12.1 Å². The number of nitrogens with zero attached hydrogens (tertiary/aromatic N) is 2. The number of hydrogen-bond acceptors (Lipinski definition) is 5. The van der Waals surface area contributed by atoms with Crippen molar-refractivity contribution in [2.75, 3.05) is 25.0 Å². The zero-order chi connectivity index (χ0) is 20.1. The van der Waals surface area contributed by atoms with E-state index in [-0.39, 0.29) is 17.4 Å². The van der Waals surface area contributed by atoms with E-state index >= 15 is 0 Å². The molecule has 0 radical (unpaired) electrons. The van der Waals surface area contributed by atoms with Crippen LogP contribution in [0.25, 0.3) is 0 Å². The van der Waals surface area contributed by atoms with Crippen molar-refractivity contribution in [3.05, 3.63) is 69.8 Å². The summed E-state index contributed by atoms with van der Waals surface area (Å²) in [7, 11) is 0. The molecule has 1 aliphatic heterocycles. The van der Waals surface area contributed by atoms with E-state index in [0.717, 1.165) is 12.8 Å². The maximum Gasteiger partial charge on any atom is 0.293 e. The number of anilines is 1. The first-order valence-electron chi connectivity index (χ1n) is 9.33. The van der Waals surface area contributed by atoms with E-state index in [1.807, 2.05) is 35.2 Å². The van der Waals surface area contributed by atoms with Crippen molar-refractivity contribution < 1.29 is 14.5 Å². The third-order valence-electron chi connectivity index (χ3n) is 5.10. The second kappa shape index (κ2) is 8.65. The van der Waals surface area contributed by atoms with Gasteiger partial charge >= 0.3 is 0 Å². The van der Waals surface area contributed by atoms with Crippen LogP contribution in [-0.2, 0) is 0 Å². The number of carbonyl (C=O) groups is 2. The van der Waals surface area contributed by atoms with Gasteiger partial charge in [0.15, 0.2) is 5.78 Å². The molecule has 1 heterocycles. The van der Waals surface area contributed by atoms with E-state index in [0.29, 0.717) is 42.4 Å². The molecule has 1 fully saturated rings. The monoisotopic (exact) mass is 381 g/mol. The summed E-state index contributed by atoms with van der Waals surface area (Å²) in [4.78, 5) is 36.6. The van der Waals surface area contributed by atoms with Crippen LogP contribution < -0.4 is 5.32 Å². The highest BCUT2D eigenvalue weighted by molar-refractivity contribution is 5.95. The summed E-state index contributed by atoms with van der Waals surface area (Å²) in [5.41, 5.74) is 1.34. The van der Waals surface area contributed by atoms with Crippen LogP contribution in [0, 0.1) is 16.0 Å². The molecular formula is C21H23N3O4. The van der Waals surface area contributed by atoms with Gasteiger partial charge in [0, 0.05) is 36.8 Å². The van der Waals surface area contributed by atoms with Crippen LogP contribution in [-0.4, -0.2) is 41.1 Å². The molecule has 28 heavy (non-hydrogen) atoms. The molecular weight excluding hydrogens is 358 g/mol. The fourth-order valence-corrected chi connectivity index (χ4v) is 3.41. The third kappa shape index (κ3) is 4.54. The maximum absolute atomic E-state index is 12.5. The van der Waals surface area contributed by atoms with Gasteiger partial charge in [0.2, 0.25) is 0 Å². The van der Waals surface area contributed by atoms with Crippen molar-refractivity contribution in [3.63, 3.8) is 0 Å². The van der Waals surface area contributed by atoms with Gasteiger partial charge in [-0.2, -0.15) is 0 Å². The zero-order valence-corrected chi connectivity index (χ0v) is 15.8. The normalized spacial score (nSPS) is 14.5. The van der Waals surface area contributed by atoms with E-state index in [1.165, 1.54) is 13.0 Å². The fraction of sp³-hybridized carbons (Fsp3) is 0.333. The quantitative estimate of drug-likeness (QED) is 0.467. The largest absolute Gasteiger partial charge is 0.379 e. The van der Waals surface area contributed by atoms with Gasteiger partial charge < -0.3 is 10.2 Å². The second-order valence-electron chi connectivity index (χ2n) is 7.03. The minimum Gasteiger partial charge on any atom is -0.379 e. The molecule has 1 amide bonds. The molecule has 2 aromatic carbocycles. The first kappa shape index (κ1) is 19.5. The number of hydrogen-bond donors (Lipinski definition) is 1. The van der Waals surface area contributed by atoms with Gasteiger partial charge in [-0.15, -0.1) is 0 Å². The summed E-state index contributed by atoms with van der Waals surface area (Å²) in [6.45, 7) is 3.32. The molecule has 0 saturated carbocycles. The van der Waals surface area contributed by atoms with E-state index in [4.69, 9.17) is 0 Å². The molecule has 0 bridgehead atoms. The molecule has 0 spiro atoms. The Morgan fingerprint density at radius 3 is 2.39 bits per heavy atom. The number of nitro benzene ring substituents is 1. The minimum atomic E-state index is -0.476. The van der Waals surface area contributed by atoms with E-state index in [9.17, 15) is 19.7 Å². The molecule has 0 aromatic heterocycles. The van der Waals surface area contributed by atoms with Gasteiger partial charge in [0.1, 0.15) is 5.69 Å². The Morgan fingerprint density at radius 2 is 1.79 bits per heavy atom. The number of nitro groups is 1. The second-order valence-corrected chi connectivity index (χ2v) is 7.03. The summed E-state index contributed by atoms with van der Waals surface area (Å²) in [5, 5.41) is 14.5. The molecule has 1 N–H and O–H groups in total. The van der Waals surface area contributed by atoms with E-state index in [2.05, 4.69) is 5.32 Å². The smallest absolute Gasteiger partial charge is 0.293 e. The highest BCUT2D eigenvalue weighted by atomic mass is 16.6. The zero-order valence-electron chi connectivity index (χ0n) is 15.8. The van der Waals surface area contributed by atoms with Crippen LogP contribution in [0.15, 0.2) is 48.5 Å². The molecule has 3 rings (SSSR count). The summed E-state index contributed by atoms with van der Waals surface area (Å²) in [5.74, 6) is 0.166. The Labute approximate surface area is 163 Å². The minimum absolute atomic E-state index is 0.0440. The van der Waals surface area contributed by atoms with Crippen LogP contribution in [0.2, 0.25) is 0 Å². The van der Waals surface area contributed by atoms with Crippen LogP contribution in [0.3, 0.4) is 0 Å². The molecule has 0 unspecified atom stereocenters. The lowest BCUT2D eigenvalue weighted by molar-refractivity contribution is -0.384. The molecule has 0 aliphatic carbocycles. The van der Waals surface area contributed by atoms with Crippen molar-refractivity contribution in [3.8, 4) is 0 Å². The standard InChI is InChI=1S/C21H23N3O4/c1-15(25)18-7-8-19(20(13-18)24(27)28)22-14-16-9-11-23(12-10-16)21(26)17-5-3-2-4-6-17/h2-8,13,16,22H,9-12,14H2,1H3. The first-order chi connectivity index (χ1) is 13.5. The van der Waals surface area contributed by atoms with Gasteiger partial charge in [-0.3, -0.25) is 19.7 Å². The van der Waals surface area contributed by atoms with Gasteiger partial charge in [-0.05, 0) is 49.9 Å². The average molecular weight is 381 g/mol. The van der Waals surface area contributed by atoms with Crippen LogP contribution in [0.5, 0.6) is 0 Å². The lowest BCUT2D eigenvalue weighted by Gasteiger charge is -2.32. The lowest BCUT2D eigenvalue weighted by atomic mass is 9.96. The Balaban J connectivity index is 1.56. The molecule has 1 saturated heterocycles. The number of carbonyl (C=O) groups excluding carboxylic acids is 2. The number of benzene rings is 2. The maximum atomic E-state index is 12.5. The number of likely N-dealkylation sites (tertiary alicyclic amines) is 1. The Kier molecular flexibility index (Phi) is 6.03. The summed E-state index contributed by atoms with van der Waals surface area (Å²) in [6.07, 6.45) is 1.68. The summed E-state index contributed by atoms with van der Waals surface area (Å²) >= 11 is 0. The molecule has 1 aliphatic rings. The third-order valence-corrected chi connectivity index (χ3v) is 5.10. The predicted molar refractivity (Wildman–Crippen MR) is 107 cm³/mol. The van der Waals surface area contributed by atoms with Gasteiger partial charge in [0.25, 0.3) is 11.6 Å². The number of rotatable bonds is 6. The van der Waals surface area contributed by atoms with Crippen molar-refractivity contribution in [2.45, 2.75) is 19.8 Å². The van der Waals surface area contributed by atoms with Crippen molar-refractivity contribution in [1.82, 2.24) is 4.90 Å². The molecule has 0 atom stereocenters. The SMILES string of the molecule is CC(=O)c1ccc(NCC2CCN(C(=O)c3ccccc3)CC2)c([N+](=O)[O-])c1. The van der Waals surface area contributed by atoms with Crippen LogP contribution >= 0.6 is 0 Å². The summed E-state index contributed by atoms with van der Waals surface area (Å²) in [6, 6.07) is 13.7. The molecule has 7 nitrogen and oxygen atoms in total. The lowest BCUT2D eigenvalue weighted by Crippen LogP contribution is -2.39. The topological polar surface area (TPSA) is 92.6 Å². The highest BCUT2D eigenvalue weighted by Crippen LogP contribution is 2.27. The number of Topliss-reactive ketones (excluding diaryl/α,β-unsaturated/α-hetero) is 1. The fourth-order valence-electron chi connectivity index (χ4n) is 3.41. The molecule has 146 valence electrons. The highest BCUT2D eigenvalue weighted by Gasteiger charge is 2.24. The van der Waals surface area contributed by atoms with Crippen molar-refractivity contribution in [2.24, 2.45) is 5.92 Å². The first-order valence-corrected chi connectivity index (χ1v) is 9.33. The average Bonchev–Trinajstić information content (AvgIpc) is 2.72. The van der Waals surface area contributed by atoms with Gasteiger partial charge in [-0.25, -0.2) is 0 Å². The number of amides is 1. The summed E-state index contributed by atoms with van der Waals surface area (Å²) < 4.78 is 0.